The molecule has 0 unspecified atom stereocenters. The second-order valence-corrected chi connectivity index (χ2v) is 6.26. The number of ether oxygens (including phenoxy) is 1. The van der Waals surface area contributed by atoms with Crippen LogP contribution in [0.4, 0.5) is 14.5 Å². The van der Waals surface area contributed by atoms with Crippen molar-refractivity contribution in [3.63, 3.8) is 0 Å². The maximum atomic E-state index is 13.9. The number of hydrogen-bond acceptors (Lipinski definition) is 4. The van der Waals surface area contributed by atoms with Crippen LogP contribution in [-0.4, -0.2) is 73.6 Å². The summed E-state index contributed by atoms with van der Waals surface area (Å²) in [5, 5.41) is 0. The third-order valence-electron chi connectivity index (χ3n) is 4.67. The van der Waals surface area contributed by atoms with Crippen molar-refractivity contribution in [2.45, 2.75) is 6.10 Å². The van der Waals surface area contributed by atoms with Gasteiger partial charge in [0, 0.05) is 38.8 Å². The largest absolute Gasteiger partial charge is 0.366 e. The Bertz CT molecular complexity index is 705. The number of piperazine rings is 1. The van der Waals surface area contributed by atoms with Crippen LogP contribution in [0.5, 0.6) is 0 Å². The Morgan fingerprint density at radius 2 is 1.85 bits per heavy atom. The fourth-order valence-electron chi connectivity index (χ4n) is 3.24. The zero-order chi connectivity index (χ0) is 18.7. The number of carbonyl (C=O) groups is 2. The molecule has 0 spiro atoms. The van der Waals surface area contributed by atoms with E-state index in [2.05, 4.69) is 6.58 Å². The number of morpholine rings is 1. The molecule has 0 aliphatic carbocycles. The van der Waals surface area contributed by atoms with Crippen molar-refractivity contribution in [3.8, 4) is 0 Å². The topological polar surface area (TPSA) is 53.1 Å². The summed E-state index contributed by atoms with van der Waals surface area (Å²) in [7, 11) is 0. The summed E-state index contributed by atoms with van der Waals surface area (Å²) in [5.74, 6) is -1.62. The molecule has 2 amide bonds. The van der Waals surface area contributed by atoms with Crippen molar-refractivity contribution in [2.75, 3.05) is 50.8 Å². The number of rotatable bonds is 3. The maximum absolute atomic E-state index is 13.9. The molecular formula is C18H21F2N3O3. The standard InChI is InChI=1S/C18H21F2N3O3/c1-2-17(24)23-9-10-26-16(12-23)18(25)22-7-5-21(6-8-22)15-4-3-13(19)11-14(15)20/h2-4,11,16H,1,5-10,12H2/t16-/m0/s1. The molecule has 8 heteroatoms. The molecular weight excluding hydrogens is 344 g/mol. The summed E-state index contributed by atoms with van der Waals surface area (Å²) in [6.07, 6.45) is 0.532. The van der Waals surface area contributed by atoms with Gasteiger partial charge < -0.3 is 19.4 Å². The number of benzene rings is 1. The lowest BCUT2D eigenvalue weighted by Crippen LogP contribution is -2.56. The highest BCUT2D eigenvalue weighted by molar-refractivity contribution is 5.88. The summed E-state index contributed by atoms with van der Waals surface area (Å²) in [4.78, 5) is 29.4. The number of hydrogen-bond donors (Lipinski definition) is 0. The lowest BCUT2D eigenvalue weighted by Gasteiger charge is -2.39. The van der Waals surface area contributed by atoms with E-state index in [1.165, 1.54) is 18.2 Å². The Kier molecular flexibility index (Phi) is 5.51. The van der Waals surface area contributed by atoms with Crippen LogP contribution in [0, 0.1) is 11.6 Å². The number of anilines is 1. The lowest BCUT2D eigenvalue weighted by atomic mass is 10.2. The van der Waals surface area contributed by atoms with Gasteiger partial charge in [-0.2, -0.15) is 0 Å². The highest BCUT2D eigenvalue weighted by Gasteiger charge is 2.33. The van der Waals surface area contributed by atoms with Gasteiger partial charge in [-0.15, -0.1) is 0 Å². The summed E-state index contributed by atoms with van der Waals surface area (Å²) < 4.78 is 32.5. The summed E-state index contributed by atoms with van der Waals surface area (Å²) in [6, 6.07) is 3.48. The molecule has 6 nitrogen and oxygen atoms in total. The molecule has 26 heavy (non-hydrogen) atoms. The van der Waals surface area contributed by atoms with E-state index in [1.807, 2.05) is 0 Å². The first kappa shape index (κ1) is 18.3. The fraction of sp³-hybridized carbons (Fsp3) is 0.444. The first-order valence-corrected chi connectivity index (χ1v) is 8.51. The van der Waals surface area contributed by atoms with Gasteiger partial charge in [0.1, 0.15) is 11.6 Å². The van der Waals surface area contributed by atoms with Gasteiger partial charge in [-0.1, -0.05) is 6.58 Å². The molecule has 2 aliphatic rings. The molecule has 0 saturated carbocycles. The molecule has 2 heterocycles. The zero-order valence-corrected chi connectivity index (χ0v) is 14.4. The monoisotopic (exact) mass is 365 g/mol. The van der Waals surface area contributed by atoms with Gasteiger partial charge in [-0.25, -0.2) is 8.78 Å². The van der Waals surface area contributed by atoms with Crippen molar-refractivity contribution in [1.29, 1.82) is 0 Å². The molecule has 0 N–H and O–H groups in total. The molecule has 0 aromatic heterocycles. The first-order valence-electron chi connectivity index (χ1n) is 8.51. The van der Waals surface area contributed by atoms with E-state index in [9.17, 15) is 18.4 Å². The average molecular weight is 365 g/mol. The minimum atomic E-state index is -0.693. The molecule has 1 aromatic carbocycles. The third-order valence-corrected chi connectivity index (χ3v) is 4.67. The van der Waals surface area contributed by atoms with Gasteiger partial charge in [0.2, 0.25) is 5.91 Å². The van der Waals surface area contributed by atoms with E-state index in [0.29, 0.717) is 45.0 Å². The summed E-state index contributed by atoms with van der Waals surface area (Å²) in [6.45, 7) is 6.10. The highest BCUT2D eigenvalue weighted by atomic mass is 19.1. The Morgan fingerprint density at radius 1 is 1.12 bits per heavy atom. The number of carbonyl (C=O) groups excluding carboxylic acids is 2. The van der Waals surface area contributed by atoms with Crippen LogP contribution < -0.4 is 4.90 Å². The Labute approximate surface area is 150 Å². The van der Waals surface area contributed by atoms with Crippen LogP contribution in [0.25, 0.3) is 0 Å². The van der Waals surface area contributed by atoms with Crippen LogP contribution >= 0.6 is 0 Å². The molecule has 2 aliphatic heterocycles. The summed E-state index contributed by atoms with van der Waals surface area (Å²) in [5.41, 5.74) is 0.329. The Hall–Kier alpha value is -2.48. The SMILES string of the molecule is C=CC(=O)N1CCO[C@H](C(=O)N2CCN(c3ccc(F)cc3F)CC2)C1. The molecule has 0 radical (unpaired) electrons. The molecule has 1 atom stereocenters. The van der Waals surface area contributed by atoms with Crippen LogP contribution in [0.3, 0.4) is 0 Å². The van der Waals surface area contributed by atoms with Crippen molar-refractivity contribution < 1.29 is 23.1 Å². The predicted molar refractivity (Wildman–Crippen MR) is 91.7 cm³/mol. The summed E-state index contributed by atoms with van der Waals surface area (Å²) >= 11 is 0. The van der Waals surface area contributed by atoms with E-state index >= 15 is 0 Å². The van der Waals surface area contributed by atoms with Gasteiger partial charge in [0.15, 0.2) is 6.10 Å². The second-order valence-electron chi connectivity index (χ2n) is 6.26. The number of halogens is 2. The van der Waals surface area contributed by atoms with Crippen molar-refractivity contribution in [2.24, 2.45) is 0 Å². The zero-order valence-electron chi connectivity index (χ0n) is 14.4. The number of nitrogens with zero attached hydrogens (tertiary/aromatic N) is 3. The van der Waals surface area contributed by atoms with Gasteiger partial charge in [-0.3, -0.25) is 9.59 Å². The first-order chi connectivity index (χ1) is 12.5. The van der Waals surface area contributed by atoms with E-state index in [-0.39, 0.29) is 18.4 Å². The lowest BCUT2D eigenvalue weighted by molar-refractivity contribution is -0.153. The maximum Gasteiger partial charge on any atom is 0.253 e. The van der Waals surface area contributed by atoms with Crippen LogP contribution in [-0.2, 0) is 14.3 Å². The van der Waals surface area contributed by atoms with Crippen molar-refractivity contribution >= 4 is 17.5 Å². The average Bonchev–Trinajstić information content (AvgIpc) is 2.67. The van der Waals surface area contributed by atoms with E-state index in [4.69, 9.17) is 4.74 Å². The van der Waals surface area contributed by atoms with E-state index in [0.717, 1.165) is 6.07 Å². The second kappa shape index (κ2) is 7.82. The van der Waals surface area contributed by atoms with Gasteiger partial charge in [-0.05, 0) is 18.2 Å². The molecule has 2 fully saturated rings. The Balaban J connectivity index is 1.58. The minimum Gasteiger partial charge on any atom is -0.366 e. The fourth-order valence-corrected chi connectivity index (χ4v) is 3.24. The van der Waals surface area contributed by atoms with Crippen LogP contribution in [0.1, 0.15) is 0 Å². The highest BCUT2D eigenvalue weighted by Crippen LogP contribution is 2.22. The van der Waals surface area contributed by atoms with Crippen molar-refractivity contribution in [3.05, 3.63) is 42.5 Å². The molecule has 140 valence electrons. The molecule has 0 bridgehead atoms. The van der Waals surface area contributed by atoms with E-state index < -0.39 is 17.7 Å². The van der Waals surface area contributed by atoms with Gasteiger partial charge in [0.05, 0.1) is 18.8 Å². The molecule has 1 aromatic rings. The molecule has 2 saturated heterocycles. The van der Waals surface area contributed by atoms with E-state index in [1.54, 1.807) is 14.7 Å². The minimum absolute atomic E-state index is 0.175. The van der Waals surface area contributed by atoms with Gasteiger partial charge in [0.25, 0.3) is 5.91 Å². The number of amides is 2. The normalized spacial score (nSPS) is 20.8. The van der Waals surface area contributed by atoms with Crippen LogP contribution in [0.15, 0.2) is 30.9 Å². The molecule has 3 rings (SSSR count). The quantitative estimate of drug-likeness (QED) is 0.751. The Morgan fingerprint density at radius 3 is 2.50 bits per heavy atom. The van der Waals surface area contributed by atoms with Gasteiger partial charge >= 0.3 is 0 Å². The smallest absolute Gasteiger partial charge is 0.253 e. The third kappa shape index (κ3) is 3.85. The van der Waals surface area contributed by atoms with Crippen LogP contribution in [0.2, 0.25) is 0 Å². The predicted octanol–water partition coefficient (Wildman–Crippen LogP) is 1.03. The van der Waals surface area contributed by atoms with Crippen molar-refractivity contribution in [1.82, 2.24) is 9.80 Å².